The molecule has 0 aromatic heterocycles. The van der Waals surface area contributed by atoms with Crippen molar-refractivity contribution < 1.29 is 19.7 Å². The van der Waals surface area contributed by atoms with Crippen LogP contribution in [0, 0.1) is 0 Å². The van der Waals surface area contributed by atoms with Gasteiger partial charge in [-0.1, -0.05) is 18.2 Å². The Morgan fingerprint density at radius 2 is 2.00 bits per heavy atom. The monoisotopic (exact) mass is 293 g/mol. The number of β-amino-alcohol motifs (C(OH)–C–C–N with tert-alkyl or cyclic N) is 1. The largest absolute Gasteiger partial charge is 0.508 e. The van der Waals surface area contributed by atoms with E-state index in [4.69, 9.17) is 4.74 Å². The van der Waals surface area contributed by atoms with Crippen molar-refractivity contribution in [2.24, 2.45) is 0 Å². The molecule has 116 valence electrons. The number of rotatable bonds is 1. The maximum absolute atomic E-state index is 12.0. The number of hydrogen-bond donors (Lipinski definition) is 2. The minimum Gasteiger partial charge on any atom is -0.508 e. The van der Waals surface area contributed by atoms with E-state index in [0.717, 1.165) is 5.56 Å². The van der Waals surface area contributed by atoms with Crippen LogP contribution in [0.2, 0.25) is 0 Å². The van der Waals surface area contributed by atoms with Crippen LogP contribution >= 0.6 is 0 Å². The second-order valence-corrected chi connectivity index (χ2v) is 6.45. The number of aliphatic hydroxyl groups excluding tert-OH is 1. The van der Waals surface area contributed by atoms with Gasteiger partial charge < -0.3 is 19.8 Å². The fraction of sp³-hybridized carbons (Fsp3) is 0.562. The number of phenols is 1. The Balaban J connectivity index is 2.03. The number of hydrogen-bond acceptors (Lipinski definition) is 4. The third kappa shape index (κ3) is 3.88. The fourth-order valence-electron chi connectivity index (χ4n) is 2.59. The number of aromatic hydroxyl groups is 1. The lowest BCUT2D eigenvalue weighted by Gasteiger charge is -2.37. The Morgan fingerprint density at radius 1 is 1.33 bits per heavy atom. The summed E-state index contributed by atoms with van der Waals surface area (Å²) in [6.07, 6.45) is -0.519. The van der Waals surface area contributed by atoms with Gasteiger partial charge in [-0.2, -0.15) is 0 Å². The summed E-state index contributed by atoms with van der Waals surface area (Å²) in [6.45, 7) is 6.17. The minimum atomic E-state index is -0.709. The molecule has 5 heteroatoms. The van der Waals surface area contributed by atoms with Crippen LogP contribution in [-0.4, -0.2) is 46.0 Å². The molecule has 1 amide bonds. The Hall–Kier alpha value is -1.75. The van der Waals surface area contributed by atoms with Crippen LogP contribution in [-0.2, 0) is 4.74 Å². The zero-order valence-corrected chi connectivity index (χ0v) is 12.7. The molecule has 1 heterocycles. The zero-order chi connectivity index (χ0) is 15.6. The highest BCUT2D eigenvalue weighted by atomic mass is 16.6. The van der Waals surface area contributed by atoms with E-state index >= 15 is 0 Å². The van der Waals surface area contributed by atoms with Crippen LogP contribution in [0.4, 0.5) is 4.79 Å². The van der Waals surface area contributed by atoms with Crippen molar-refractivity contribution in [3.63, 3.8) is 0 Å². The third-order valence-corrected chi connectivity index (χ3v) is 3.57. The number of aliphatic hydroxyl groups is 1. The smallest absolute Gasteiger partial charge is 0.410 e. The molecule has 2 atom stereocenters. The highest BCUT2D eigenvalue weighted by molar-refractivity contribution is 5.68. The molecule has 0 spiro atoms. The van der Waals surface area contributed by atoms with Crippen LogP contribution in [0.3, 0.4) is 0 Å². The summed E-state index contributed by atoms with van der Waals surface area (Å²) >= 11 is 0. The first-order valence-corrected chi connectivity index (χ1v) is 7.22. The van der Waals surface area contributed by atoms with Gasteiger partial charge >= 0.3 is 6.09 Å². The molecule has 1 aromatic rings. The lowest BCUT2D eigenvalue weighted by molar-refractivity contribution is -0.00168. The van der Waals surface area contributed by atoms with E-state index in [2.05, 4.69) is 0 Å². The number of carbonyl (C=O) groups is 1. The van der Waals surface area contributed by atoms with Crippen molar-refractivity contribution in [2.45, 2.75) is 44.8 Å². The number of phenolic OH excluding ortho intramolecular Hbond substituents is 1. The molecule has 2 rings (SSSR count). The van der Waals surface area contributed by atoms with E-state index in [9.17, 15) is 15.0 Å². The van der Waals surface area contributed by atoms with Crippen molar-refractivity contribution in [3.8, 4) is 5.75 Å². The summed E-state index contributed by atoms with van der Waals surface area (Å²) in [7, 11) is 0. The molecule has 0 radical (unpaired) electrons. The molecular formula is C16H23NO4. The maximum atomic E-state index is 12.0. The van der Waals surface area contributed by atoms with E-state index in [1.165, 1.54) is 4.90 Å². The van der Waals surface area contributed by atoms with Gasteiger partial charge in [0.2, 0.25) is 0 Å². The quantitative estimate of drug-likeness (QED) is 0.834. The van der Waals surface area contributed by atoms with Crippen molar-refractivity contribution in [2.75, 3.05) is 13.1 Å². The minimum absolute atomic E-state index is 0.162. The van der Waals surface area contributed by atoms with Crippen LogP contribution in [0.15, 0.2) is 24.3 Å². The van der Waals surface area contributed by atoms with E-state index in [-0.39, 0.29) is 18.2 Å². The van der Waals surface area contributed by atoms with Crippen LogP contribution in [0.1, 0.15) is 38.7 Å². The fourth-order valence-corrected chi connectivity index (χ4v) is 2.59. The number of carbonyl (C=O) groups excluding carboxylic acids is 1. The Morgan fingerprint density at radius 3 is 2.57 bits per heavy atom. The Labute approximate surface area is 125 Å². The van der Waals surface area contributed by atoms with Crippen molar-refractivity contribution in [3.05, 3.63) is 29.8 Å². The highest BCUT2D eigenvalue weighted by Gasteiger charge is 2.34. The number of benzene rings is 1. The molecule has 1 aromatic carbocycles. The second-order valence-electron chi connectivity index (χ2n) is 6.45. The van der Waals surface area contributed by atoms with Crippen LogP contribution in [0.25, 0.3) is 0 Å². The van der Waals surface area contributed by atoms with Crippen molar-refractivity contribution in [1.82, 2.24) is 4.90 Å². The van der Waals surface area contributed by atoms with Gasteiger partial charge in [0.15, 0.2) is 0 Å². The average Bonchev–Trinajstić information content (AvgIpc) is 2.38. The molecule has 1 saturated heterocycles. The van der Waals surface area contributed by atoms with Crippen LogP contribution in [0.5, 0.6) is 5.75 Å². The second kappa shape index (κ2) is 5.93. The number of likely N-dealkylation sites (tertiary alicyclic amines) is 1. The number of nitrogens with zero attached hydrogens (tertiary/aromatic N) is 1. The summed E-state index contributed by atoms with van der Waals surface area (Å²) in [4.78, 5) is 13.5. The first kappa shape index (κ1) is 15.6. The summed E-state index contributed by atoms with van der Waals surface area (Å²) in [5.74, 6) is 0.0251. The molecule has 0 bridgehead atoms. The molecule has 1 aliphatic heterocycles. The first-order valence-electron chi connectivity index (χ1n) is 7.22. The SMILES string of the molecule is CC(C)(C)OC(=O)N1CCC(c2ccccc2O)C(O)C1. The van der Waals surface area contributed by atoms with Gasteiger partial charge in [0.25, 0.3) is 0 Å². The van der Waals surface area contributed by atoms with Gasteiger partial charge in [-0.15, -0.1) is 0 Å². The summed E-state index contributed by atoms with van der Waals surface area (Å²) < 4.78 is 5.32. The van der Waals surface area contributed by atoms with Crippen molar-refractivity contribution >= 4 is 6.09 Å². The predicted octanol–water partition coefficient (Wildman–Crippen LogP) is 2.48. The average molecular weight is 293 g/mol. The van der Waals surface area contributed by atoms with Gasteiger partial charge in [-0.25, -0.2) is 4.79 Å². The van der Waals surface area contributed by atoms with Gasteiger partial charge in [0.1, 0.15) is 11.4 Å². The highest BCUT2D eigenvalue weighted by Crippen LogP contribution is 2.34. The number of ether oxygens (including phenoxy) is 1. The van der Waals surface area contributed by atoms with E-state index < -0.39 is 17.8 Å². The molecular weight excluding hydrogens is 270 g/mol. The lowest BCUT2D eigenvalue weighted by atomic mass is 9.86. The molecule has 2 unspecified atom stereocenters. The Bertz CT molecular complexity index is 509. The molecule has 1 aliphatic rings. The van der Waals surface area contributed by atoms with Gasteiger partial charge in [-0.3, -0.25) is 0 Å². The van der Waals surface area contributed by atoms with E-state index in [0.29, 0.717) is 13.0 Å². The topological polar surface area (TPSA) is 70.0 Å². The summed E-state index contributed by atoms with van der Waals surface area (Å²) in [5, 5.41) is 20.2. The number of para-hydroxylation sites is 1. The molecule has 0 saturated carbocycles. The first-order chi connectivity index (χ1) is 9.78. The number of amides is 1. The summed E-state index contributed by atoms with van der Waals surface area (Å²) in [6, 6.07) is 7.01. The standard InChI is InChI=1S/C16H23NO4/c1-16(2,3)21-15(20)17-9-8-12(14(19)10-17)11-6-4-5-7-13(11)18/h4-7,12,14,18-19H,8-10H2,1-3H3. The molecule has 21 heavy (non-hydrogen) atoms. The molecule has 1 fully saturated rings. The maximum Gasteiger partial charge on any atom is 0.410 e. The van der Waals surface area contributed by atoms with Crippen molar-refractivity contribution in [1.29, 1.82) is 0 Å². The third-order valence-electron chi connectivity index (χ3n) is 3.57. The Kier molecular flexibility index (Phi) is 4.42. The normalized spacial score (nSPS) is 23.0. The van der Waals surface area contributed by atoms with Crippen LogP contribution < -0.4 is 0 Å². The van der Waals surface area contributed by atoms with E-state index in [1.807, 2.05) is 32.9 Å². The summed E-state index contributed by atoms with van der Waals surface area (Å²) in [5.41, 5.74) is 0.185. The predicted molar refractivity (Wildman–Crippen MR) is 79.3 cm³/mol. The molecule has 2 N–H and O–H groups in total. The van der Waals surface area contributed by atoms with E-state index in [1.54, 1.807) is 12.1 Å². The lowest BCUT2D eigenvalue weighted by Crippen LogP contribution is -2.47. The van der Waals surface area contributed by atoms with Gasteiger partial charge in [0, 0.05) is 12.5 Å². The number of piperidine rings is 1. The zero-order valence-electron chi connectivity index (χ0n) is 12.7. The molecule has 5 nitrogen and oxygen atoms in total. The van der Waals surface area contributed by atoms with Gasteiger partial charge in [-0.05, 0) is 38.8 Å². The molecule has 0 aliphatic carbocycles. The van der Waals surface area contributed by atoms with Gasteiger partial charge in [0.05, 0.1) is 12.6 Å².